The number of likely N-dealkylation sites (N-methyl/N-ethyl adjacent to an activating group) is 1. The fraction of sp³-hybridized carbons (Fsp3) is 0.696. The Bertz CT molecular complexity index is 576. The summed E-state index contributed by atoms with van der Waals surface area (Å²) < 4.78 is 6.80. The highest BCUT2D eigenvalue weighted by atomic mass is 16.5. The zero-order valence-electron chi connectivity index (χ0n) is 18.7. The molecule has 4 nitrogen and oxygen atoms in total. The van der Waals surface area contributed by atoms with Gasteiger partial charge in [-0.25, -0.2) is 0 Å². The molecule has 0 aromatic heterocycles. The molecule has 27 heavy (non-hydrogen) atoms. The minimum absolute atomic E-state index is 0.269. The summed E-state index contributed by atoms with van der Waals surface area (Å²) in [6.45, 7) is 14.6. The molecule has 1 amide bonds. The van der Waals surface area contributed by atoms with Crippen LogP contribution in [-0.2, 0) is 4.79 Å². The SMILES string of the molecule is CCCN(CCC)C(=O)C[N+](C)(C)CCCOc1cc(C)ccc1C(C)C. The van der Waals surface area contributed by atoms with E-state index in [1.807, 2.05) is 4.90 Å². The summed E-state index contributed by atoms with van der Waals surface area (Å²) in [5.41, 5.74) is 2.49. The molecule has 0 heterocycles. The topological polar surface area (TPSA) is 29.5 Å². The fourth-order valence-electron chi connectivity index (χ4n) is 3.36. The number of hydrogen-bond donors (Lipinski definition) is 0. The minimum Gasteiger partial charge on any atom is -0.493 e. The lowest BCUT2D eigenvalue weighted by atomic mass is 10.0. The van der Waals surface area contributed by atoms with Gasteiger partial charge >= 0.3 is 0 Å². The third-order valence-corrected chi connectivity index (χ3v) is 4.86. The summed E-state index contributed by atoms with van der Waals surface area (Å²) >= 11 is 0. The molecule has 0 spiro atoms. The molecule has 0 saturated heterocycles. The van der Waals surface area contributed by atoms with Gasteiger partial charge in [0.25, 0.3) is 5.91 Å². The molecule has 0 aliphatic carbocycles. The highest BCUT2D eigenvalue weighted by Gasteiger charge is 2.23. The third kappa shape index (κ3) is 8.34. The van der Waals surface area contributed by atoms with E-state index in [9.17, 15) is 4.79 Å². The molecule has 1 aromatic carbocycles. The Kier molecular flexibility index (Phi) is 9.86. The largest absolute Gasteiger partial charge is 0.493 e. The molecule has 0 bridgehead atoms. The summed E-state index contributed by atoms with van der Waals surface area (Å²) in [6.07, 6.45) is 2.97. The second-order valence-electron chi connectivity index (χ2n) is 8.60. The van der Waals surface area contributed by atoms with Gasteiger partial charge in [-0.3, -0.25) is 4.79 Å². The maximum absolute atomic E-state index is 12.6. The average molecular weight is 378 g/mol. The van der Waals surface area contributed by atoms with E-state index in [0.717, 1.165) is 44.6 Å². The molecule has 1 aromatic rings. The van der Waals surface area contributed by atoms with Gasteiger partial charge in [0.2, 0.25) is 0 Å². The highest BCUT2D eigenvalue weighted by Crippen LogP contribution is 2.27. The number of aryl methyl sites for hydroxylation is 1. The van der Waals surface area contributed by atoms with Crippen LogP contribution in [-0.4, -0.2) is 62.2 Å². The number of benzene rings is 1. The molecule has 0 unspecified atom stereocenters. The normalized spacial score (nSPS) is 11.7. The first-order chi connectivity index (χ1) is 12.7. The highest BCUT2D eigenvalue weighted by molar-refractivity contribution is 5.77. The zero-order valence-corrected chi connectivity index (χ0v) is 18.7. The summed E-state index contributed by atoms with van der Waals surface area (Å²) in [5.74, 6) is 1.72. The first-order valence-electron chi connectivity index (χ1n) is 10.5. The molecule has 4 heteroatoms. The number of amides is 1. The van der Waals surface area contributed by atoms with Gasteiger partial charge in [0.15, 0.2) is 6.54 Å². The average Bonchev–Trinajstić information content (AvgIpc) is 2.58. The molecule has 1 rings (SSSR count). The maximum atomic E-state index is 12.6. The van der Waals surface area contributed by atoms with Gasteiger partial charge in [0.1, 0.15) is 5.75 Å². The third-order valence-electron chi connectivity index (χ3n) is 4.86. The van der Waals surface area contributed by atoms with Crippen LogP contribution in [0.5, 0.6) is 5.75 Å². The van der Waals surface area contributed by atoms with Crippen LogP contribution < -0.4 is 4.74 Å². The van der Waals surface area contributed by atoms with Crippen LogP contribution in [0.2, 0.25) is 0 Å². The van der Waals surface area contributed by atoms with Gasteiger partial charge in [-0.05, 0) is 42.9 Å². The predicted molar refractivity (Wildman–Crippen MR) is 114 cm³/mol. The first kappa shape index (κ1) is 23.5. The second kappa shape index (κ2) is 11.3. The number of nitrogens with zero attached hydrogens (tertiary/aromatic N) is 2. The van der Waals surface area contributed by atoms with Crippen molar-refractivity contribution in [1.82, 2.24) is 4.90 Å². The van der Waals surface area contributed by atoms with E-state index in [1.165, 1.54) is 11.1 Å². The van der Waals surface area contributed by atoms with Crippen LogP contribution in [0.15, 0.2) is 18.2 Å². The van der Waals surface area contributed by atoms with E-state index in [0.29, 0.717) is 23.6 Å². The lowest BCUT2D eigenvalue weighted by Crippen LogP contribution is -2.49. The van der Waals surface area contributed by atoms with Crippen LogP contribution >= 0.6 is 0 Å². The van der Waals surface area contributed by atoms with Gasteiger partial charge in [-0.1, -0.05) is 39.8 Å². The van der Waals surface area contributed by atoms with Crippen molar-refractivity contribution in [1.29, 1.82) is 0 Å². The molecule has 0 atom stereocenters. The van der Waals surface area contributed by atoms with Crippen molar-refractivity contribution in [2.45, 2.75) is 59.8 Å². The number of carbonyl (C=O) groups is 1. The smallest absolute Gasteiger partial charge is 0.277 e. The zero-order chi connectivity index (χ0) is 20.4. The summed E-state index contributed by atoms with van der Waals surface area (Å²) in [7, 11) is 4.28. The van der Waals surface area contributed by atoms with Crippen molar-refractivity contribution >= 4 is 5.91 Å². The maximum Gasteiger partial charge on any atom is 0.277 e. The van der Waals surface area contributed by atoms with Gasteiger partial charge in [-0.2, -0.15) is 0 Å². The number of quaternary nitrogens is 1. The second-order valence-corrected chi connectivity index (χ2v) is 8.60. The van der Waals surface area contributed by atoms with Crippen LogP contribution in [0.4, 0.5) is 0 Å². The lowest BCUT2D eigenvalue weighted by molar-refractivity contribution is -0.882. The van der Waals surface area contributed by atoms with Gasteiger partial charge in [0, 0.05) is 19.5 Å². The van der Waals surface area contributed by atoms with Gasteiger partial charge in [-0.15, -0.1) is 0 Å². The summed E-state index contributed by atoms with van der Waals surface area (Å²) in [6, 6.07) is 6.45. The van der Waals surface area contributed by atoms with Crippen LogP contribution in [0.25, 0.3) is 0 Å². The van der Waals surface area contributed by atoms with E-state index < -0.39 is 0 Å². The molecule has 154 valence electrons. The molecular weight excluding hydrogens is 336 g/mol. The van der Waals surface area contributed by atoms with Crippen LogP contribution in [0, 0.1) is 6.92 Å². The Labute approximate surface area is 167 Å². The van der Waals surface area contributed by atoms with Crippen LogP contribution in [0.1, 0.15) is 64.0 Å². The summed E-state index contributed by atoms with van der Waals surface area (Å²) in [5, 5.41) is 0. The van der Waals surface area contributed by atoms with Crippen molar-refractivity contribution in [3.8, 4) is 5.75 Å². The van der Waals surface area contributed by atoms with Crippen molar-refractivity contribution in [2.75, 3.05) is 46.9 Å². The number of carbonyl (C=O) groups excluding carboxylic acids is 1. The Morgan fingerprint density at radius 2 is 1.78 bits per heavy atom. The Morgan fingerprint density at radius 1 is 1.15 bits per heavy atom. The molecular formula is C23H41N2O2+. The molecule has 0 saturated carbocycles. The Hall–Kier alpha value is -1.55. The molecule has 0 aliphatic heterocycles. The quantitative estimate of drug-likeness (QED) is 0.393. The fourth-order valence-corrected chi connectivity index (χ4v) is 3.36. The number of rotatable bonds is 12. The van der Waals surface area contributed by atoms with Crippen molar-refractivity contribution in [3.63, 3.8) is 0 Å². The molecule has 0 fully saturated rings. The van der Waals surface area contributed by atoms with E-state index in [-0.39, 0.29) is 5.91 Å². The number of ether oxygens (including phenoxy) is 1. The monoisotopic (exact) mass is 377 g/mol. The standard InChI is InChI=1S/C23H41N2O2/c1-8-13-24(14-9-2)23(26)18-25(6,7)15-10-16-27-22-17-20(5)11-12-21(22)19(3)4/h11-12,17,19H,8-10,13-16,18H2,1-7H3/q+1. The van der Waals surface area contributed by atoms with Crippen molar-refractivity contribution < 1.29 is 14.0 Å². The molecule has 0 aliphatic rings. The molecule has 0 N–H and O–H groups in total. The first-order valence-corrected chi connectivity index (χ1v) is 10.5. The van der Waals surface area contributed by atoms with Gasteiger partial charge < -0.3 is 14.1 Å². The predicted octanol–water partition coefficient (Wildman–Crippen LogP) is 4.61. The van der Waals surface area contributed by atoms with E-state index in [1.54, 1.807) is 0 Å². The number of hydrogen-bond acceptors (Lipinski definition) is 2. The lowest BCUT2D eigenvalue weighted by Gasteiger charge is -2.32. The van der Waals surface area contributed by atoms with E-state index >= 15 is 0 Å². The van der Waals surface area contributed by atoms with E-state index in [2.05, 4.69) is 66.9 Å². The minimum atomic E-state index is 0.269. The van der Waals surface area contributed by atoms with Crippen molar-refractivity contribution in [2.24, 2.45) is 0 Å². The molecule has 0 radical (unpaired) electrons. The van der Waals surface area contributed by atoms with Crippen LogP contribution in [0.3, 0.4) is 0 Å². The Balaban J connectivity index is 2.53. The Morgan fingerprint density at radius 3 is 2.33 bits per heavy atom. The van der Waals surface area contributed by atoms with Crippen molar-refractivity contribution in [3.05, 3.63) is 29.3 Å². The summed E-state index contributed by atoms with van der Waals surface area (Å²) in [4.78, 5) is 14.6. The van der Waals surface area contributed by atoms with E-state index in [4.69, 9.17) is 4.74 Å². The van der Waals surface area contributed by atoms with Gasteiger partial charge in [0.05, 0.1) is 27.2 Å².